The number of carbonyl (C=O) groups excluding carboxylic acids is 1. The Morgan fingerprint density at radius 3 is 2.29 bits per heavy atom. The number of piperidine rings is 1. The van der Waals surface area contributed by atoms with Crippen LogP contribution >= 0.6 is 0 Å². The van der Waals surface area contributed by atoms with Crippen molar-refractivity contribution in [1.29, 1.82) is 0 Å². The third-order valence-corrected chi connectivity index (χ3v) is 5.37. The van der Waals surface area contributed by atoms with Gasteiger partial charge in [-0.25, -0.2) is 0 Å². The average Bonchev–Trinajstić information content (AvgIpc) is 2.85. The maximum atomic E-state index is 12.4. The lowest BCUT2D eigenvalue weighted by molar-refractivity contribution is -0.133. The van der Waals surface area contributed by atoms with Gasteiger partial charge in [-0.2, -0.15) is 0 Å². The quantitative estimate of drug-likeness (QED) is 0.777. The normalized spacial score (nSPS) is 25.2. The highest BCUT2D eigenvalue weighted by Crippen LogP contribution is 2.26. The van der Waals surface area contributed by atoms with Gasteiger partial charge in [-0.05, 0) is 55.9 Å². The third-order valence-electron chi connectivity index (χ3n) is 5.37. The average molecular weight is 294 g/mol. The molecule has 0 bridgehead atoms. The monoisotopic (exact) mass is 294 g/mol. The molecule has 2 fully saturated rings. The number of likely N-dealkylation sites (tertiary alicyclic amines) is 2. The fraction of sp³-hybridized carbons (Fsp3) is 0.944. The first-order valence-electron chi connectivity index (χ1n) is 8.95. The fourth-order valence-corrected chi connectivity index (χ4v) is 4.02. The third kappa shape index (κ3) is 4.98. The lowest BCUT2D eigenvalue weighted by Gasteiger charge is -2.34. The maximum Gasteiger partial charge on any atom is 0.236 e. The van der Waals surface area contributed by atoms with E-state index in [0.717, 1.165) is 49.9 Å². The van der Waals surface area contributed by atoms with Gasteiger partial charge in [0.2, 0.25) is 5.91 Å². The summed E-state index contributed by atoms with van der Waals surface area (Å²) in [7, 11) is 0. The van der Waals surface area contributed by atoms with Crippen LogP contribution < -0.4 is 0 Å². The smallest absolute Gasteiger partial charge is 0.236 e. The Morgan fingerprint density at radius 1 is 1.05 bits per heavy atom. The summed E-state index contributed by atoms with van der Waals surface area (Å²) in [6.07, 6.45) is 4.98. The molecular weight excluding hydrogens is 260 g/mol. The molecule has 0 aromatic carbocycles. The molecule has 0 aromatic heterocycles. The van der Waals surface area contributed by atoms with E-state index < -0.39 is 0 Å². The zero-order valence-electron chi connectivity index (χ0n) is 14.5. The van der Waals surface area contributed by atoms with E-state index in [2.05, 4.69) is 37.5 Å². The van der Waals surface area contributed by atoms with E-state index in [9.17, 15) is 4.79 Å². The van der Waals surface area contributed by atoms with Gasteiger partial charge >= 0.3 is 0 Å². The molecule has 2 heterocycles. The van der Waals surface area contributed by atoms with E-state index in [1.807, 2.05) is 0 Å². The van der Waals surface area contributed by atoms with Crippen molar-refractivity contribution in [1.82, 2.24) is 9.80 Å². The van der Waals surface area contributed by atoms with Crippen LogP contribution in [0.3, 0.4) is 0 Å². The molecule has 3 heteroatoms. The molecule has 21 heavy (non-hydrogen) atoms. The first-order chi connectivity index (χ1) is 9.95. The van der Waals surface area contributed by atoms with Crippen molar-refractivity contribution in [2.24, 2.45) is 23.7 Å². The fourth-order valence-electron chi connectivity index (χ4n) is 4.02. The lowest BCUT2D eigenvalue weighted by atomic mass is 9.87. The molecule has 0 radical (unpaired) electrons. The Balaban J connectivity index is 1.71. The van der Waals surface area contributed by atoms with Crippen LogP contribution in [0, 0.1) is 23.7 Å². The van der Waals surface area contributed by atoms with E-state index in [1.165, 1.54) is 25.7 Å². The topological polar surface area (TPSA) is 23.6 Å². The van der Waals surface area contributed by atoms with Gasteiger partial charge in [0.05, 0.1) is 6.54 Å². The second kappa shape index (κ2) is 7.62. The SMILES string of the molecule is CC(C)C[C@H]1CCN(CC(=O)N2CCC(C(C)C)CC2)C1. The number of amides is 1. The van der Waals surface area contributed by atoms with E-state index >= 15 is 0 Å². The second-order valence-corrected chi connectivity index (χ2v) is 7.98. The van der Waals surface area contributed by atoms with Crippen molar-refractivity contribution in [3.05, 3.63) is 0 Å². The predicted molar refractivity (Wildman–Crippen MR) is 88.1 cm³/mol. The van der Waals surface area contributed by atoms with Crippen LogP contribution in [-0.2, 0) is 4.79 Å². The number of hydrogen-bond donors (Lipinski definition) is 0. The second-order valence-electron chi connectivity index (χ2n) is 7.98. The summed E-state index contributed by atoms with van der Waals surface area (Å²) in [5.41, 5.74) is 0. The van der Waals surface area contributed by atoms with Crippen LogP contribution in [0.5, 0.6) is 0 Å². The summed E-state index contributed by atoms with van der Waals surface area (Å²) in [6.45, 7) is 14.1. The summed E-state index contributed by atoms with van der Waals surface area (Å²) >= 11 is 0. The van der Waals surface area contributed by atoms with E-state index in [1.54, 1.807) is 0 Å². The Labute approximate surface area is 131 Å². The van der Waals surface area contributed by atoms with E-state index in [-0.39, 0.29) is 0 Å². The van der Waals surface area contributed by atoms with Crippen LogP contribution in [0.25, 0.3) is 0 Å². The van der Waals surface area contributed by atoms with Gasteiger partial charge in [0, 0.05) is 19.6 Å². The Hall–Kier alpha value is -0.570. The molecule has 0 aromatic rings. The Bertz CT molecular complexity index is 332. The lowest BCUT2D eigenvalue weighted by Crippen LogP contribution is -2.44. The van der Waals surface area contributed by atoms with Crippen molar-refractivity contribution < 1.29 is 4.79 Å². The molecule has 0 spiro atoms. The maximum absolute atomic E-state index is 12.4. The molecule has 3 nitrogen and oxygen atoms in total. The largest absolute Gasteiger partial charge is 0.342 e. The highest BCUT2D eigenvalue weighted by Gasteiger charge is 2.28. The predicted octanol–water partition coefficient (Wildman–Crippen LogP) is 3.25. The number of carbonyl (C=O) groups is 1. The summed E-state index contributed by atoms with van der Waals surface area (Å²) in [5, 5.41) is 0. The number of nitrogens with zero attached hydrogens (tertiary/aromatic N) is 2. The van der Waals surface area contributed by atoms with Crippen molar-refractivity contribution in [3.8, 4) is 0 Å². The Kier molecular flexibility index (Phi) is 6.09. The molecule has 2 saturated heterocycles. The van der Waals surface area contributed by atoms with Crippen LogP contribution in [0.2, 0.25) is 0 Å². The number of hydrogen-bond acceptors (Lipinski definition) is 2. The molecule has 0 aliphatic carbocycles. The highest BCUT2D eigenvalue weighted by atomic mass is 16.2. The highest BCUT2D eigenvalue weighted by molar-refractivity contribution is 5.78. The van der Waals surface area contributed by atoms with Gasteiger partial charge in [-0.15, -0.1) is 0 Å². The van der Waals surface area contributed by atoms with Crippen molar-refractivity contribution in [2.75, 3.05) is 32.7 Å². The molecule has 0 saturated carbocycles. The van der Waals surface area contributed by atoms with Crippen molar-refractivity contribution in [2.45, 2.75) is 53.4 Å². The van der Waals surface area contributed by atoms with Crippen molar-refractivity contribution in [3.63, 3.8) is 0 Å². The molecular formula is C18H34N2O. The van der Waals surface area contributed by atoms with Gasteiger partial charge in [0.15, 0.2) is 0 Å². The van der Waals surface area contributed by atoms with Crippen molar-refractivity contribution >= 4 is 5.91 Å². The van der Waals surface area contributed by atoms with E-state index in [4.69, 9.17) is 0 Å². The molecule has 2 aliphatic rings. The first-order valence-corrected chi connectivity index (χ1v) is 8.95. The standard InChI is InChI=1S/C18H34N2O/c1-14(2)11-16-5-8-19(12-16)13-18(21)20-9-6-17(7-10-20)15(3)4/h14-17H,5-13H2,1-4H3/t16-/m1/s1. The van der Waals surface area contributed by atoms with Gasteiger partial charge in [-0.3, -0.25) is 9.69 Å². The van der Waals surface area contributed by atoms with Gasteiger partial charge in [0.25, 0.3) is 0 Å². The molecule has 1 amide bonds. The summed E-state index contributed by atoms with van der Waals surface area (Å²) in [5.74, 6) is 3.53. The molecule has 0 N–H and O–H groups in total. The molecule has 2 rings (SSSR count). The Morgan fingerprint density at radius 2 is 1.71 bits per heavy atom. The van der Waals surface area contributed by atoms with Gasteiger partial charge in [-0.1, -0.05) is 27.7 Å². The number of rotatable bonds is 5. The summed E-state index contributed by atoms with van der Waals surface area (Å²) < 4.78 is 0. The first kappa shape index (κ1) is 16.8. The molecule has 2 aliphatic heterocycles. The molecule has 122 valence electrons. The van der Waals surface area contributed by atoms with Gasteiger partial charge in [0.1, 0.15) is 0 Å². The minimum absolute atomic E-state index is 0.363. The zero-order chi connectivity index (χ0) is 15.4. The minimum atomic E-state index is 0.363. The minimum Gasteiger partial charge on any atom is -0.342 e. The summed E-state index contributed by atoms with van der Waals surface area (Å²) in [6, 6.07) is 0. The van der Waals surface area contributed by atoms with Crippen LogP contribution in [0.4, 0.5) is 0 Å². The van der Waals surface area contributed by atoms with E-state index in [0.29, 0.717) is 12.5 Å². The van der Waals surface area contributed by atoms with Crippen LogP contribution in [0.15, 0.2) is 0 Å². The molecule has 0 unspecified atom stereocenters. The molecule has 1 atom stereocenters. The van der Waals surface area contributed by atoms with Crippen LogP contribution in [0.1, 0.15) is 53.4 Å². The van der Waals surface area contributed by atoms with Gasteiger partial charge < -0.3 is 4.90 Å². The van der Waals surface area contributed by atoms with Crippen LogP contribution in [-0.4, -0.2) is 48.4 Å². The summed E-state index contributed by atoms with van der Waals surface area (Å²) in [4.78, 5) is 16.9. The zero-order valence-corrected chi connectivity index (χ0v) is 14.5.